The normalized spacial score (nSPS) is 13.8. The van der Waals surface area contributed by atoms with Crippen LogP contribution in [0.1, 0.15) is 13.3 Å². The van der Waals surface area contributed by atoms with Gasteiger partial charge in [0.1, 0.15) is 0 Å². The first-order valence-electron chi connectivity index (χ1n) is 9.98. The van der Waals surface area contributed by atoms with E-state index in [1.165, 1.54) is 11.8 Å². The first kappa shape index (κ1) is 26.5. The Morgan fingerprint density at radius 2 is 1.91 bits per heavy atom. The highest BCUT2D eigenvalue weighted by Crippen LogP contribution is 2.22. The smallest absolute Gasteiger partial charge is 0.475 e. The van der Waals surface area contributed by atoms with Crippen molar-refractivity contribution in [1.82, 2.24) is 24.4 Å². The van der Waals surface area contributed by atoms with E-state index in [0.29, 0.717) is 35.0 Å². The van der Waals surface area contributed by atoms with Crippen LogP contribution in [0.3, 0.4) is 0 Å². The molecule has 33 heavy (non-hydrogen) atoms. The minimum Gasteiger partial charge on any atom is -0.475 e. The second-order valence-electron chi connectivity index (χ2n) is 6.82. The van der Waals surface area contributed by atoms with Crippen LogP contribution < -0.4 is 15.8 Å². The number of hydrogen-bond acceptors (Lipinski definition) is 8. The van der Waals surface area contributed by atoms with Crippen LogP contribution >= 0.6 is 11.8 Å². The van der Waals surface area contributed by atoms with Gasteiger partial charge in [0.2, 0.25) is 5.95 Å². The van der Waals surface area contributed by atoms with E-state index in [2.05, 4.69) is 32.0 Å². The molecule has 0 unspecified atom stereocenters. The van der Waals surface area contributed by atoms with Gasteiger partial charge in [0, 0.05) is 45.6 Å². The van der Waals surface area contributed by atoms with Crippen LogP contribution in [0.2, 0.25) is 0 Å². The number of nitrogens with zero attached hydrogens (tertiary/aromatic N) is 5. The van der Waals surface area contributed by atoms with Gasteiger partial charge in [-0.2, -0.15) is 18.2 Å². The molecule has 14 heteroatoms. The van der Waals surface area contributed by atoms with Gasteiger partial charge in [-0.3, -0.25) is 13.9 Å². The van der Waals surface area contributed by atoms with Crippen LogP contribution in [0.4, 0.5) is 19.1 Å². The third-order valence-electron chi connectivity index (χ3n) is 4.51. The van der Waals surface area contributed by atoms with E-state index in [4.69, 9.17) is 15.0 Å². The first-order valence-corrected chi connectivity index (χ1v) is 11.0. The van der Waals surface area contributed by atoms with Crippen molar-refractivity contribution in [3.63, 3.8) is 0 Å². The number of alkyl halides is 3. The second kappa shape index (κ2) is 11.9. The van der Waals surface area contributed by atoms with Crippen molar-refractivity contribution >= 4 is 34.8 Å². The van der Waals surface area contributed by atoms with E-state index in [0.717, 1.165) is 32.1 Å². The zero-order chi connectivity index (χ0) is 24.6. The molecule has 182 valence electrons. The summed E-state index contributed by atoms with van der Waals surface area (Å²) in [5.74, 6) is 4.64. The molecule has 0 bridgehead atoms. The maximum atomic E-state index is 13.0. The van der Waals surface area contributed by atoms with E-state index in [-0.39, 0.29) is 12.2 Å². The number of fused-ring (bicyclic) bond motifs is 1. The van der Waals surface area contributed by atoms with Gasteiger partial charge in [0.25, 0.3) is 5.56 Å². The van der Waals surface area contributed by atoms with Gasteiger partial charge in [-0.05, 0) is 13.3 Å². The summed E-state index contributed by atoms with van der Waals surface area (Å²) in [6, 6.07) is 0. The van der Waals surface area contributed by atoms with Crippen LogP contribution in [0.5, 0.6) is 0 Å². The molecule has 3 heterocycles. The number of carboxylic acid groups (broad SMARTS) is 1. The molecule has 1 aliphatic rings. The number of aliphatic hydroxyl groups is 1. The predicted octanol–water partition coefficient (Wildman–Crippen LogP) is 0.671. The molecule has 0 atom stereocenters. The van der Waals surface area contributed by atoms with Crippen LogP contribution in [0.25, 0.3) is 11.2 Å². The molecule has 1 saturated heterocycles. The molecule has 0 saturated carbocycles. The van der Waals surface area contributed by atoms with Crippen molar-refractivity contribution in [2.45, 2.75) is 31.2 Å². The maximum absolute atomic E-state index is 13.0. The van der Waals surface area contributed by atoms with Gasteiger partial charge in [0.05, 0.1) is 6.54 Å². The van der Waals surface area contributed by atoms with Gasteiger partial charge < -0.3 is 20.4 Å². The van der Waals surface area contributed by atoms with Crippen molar-refractivity contribution in [3.05, 3.63) is 10.4 Å². The summed E-state index contributed by atoms with van der Waals surface area (Å²) in [7, 11) is 1.73. The monoisotopic (exact) mass is 490 g/mol. The second-order valence-corrected chi connectivity index (χ2v) is 7.88. The summed E-state index contributed by atoms with van der Waals surface area (Å²) >= 11 is 1.46. The van der Waals surface area contributed by atoms with Crippen molar-refractivity contribution < 1.29 is 28.2 Å². The highest BCUT2D eigenvalue weighted by Gasteiger charge is 2.38. The lowest BCUT2D eigenvalue weighted by atomic mass is 10.4. The van der Waals surface area contributed by atoms with E-state index in [1.807, 2.05) is 4.57 Å². The Bertz CT molecular complexity index is 1080. The van der Waals surface area contributed by atoms with E-state index >= 15 is 0 Å². The number of thioether (sulfide) groups is 1. The van der Waals surface area contributed by atoms with Crippen LogP contribution in [0.15, 0.2) is 9.95 Å². The zero-order valence-electron chi connectivity index (χ0n) is 18.1. The van der Waals surface area contributed by atoms with Crippen LogP contribution in [0, 0.1) is 11.8 Å². The van der Waals surface area contributed by atoms with Gasteiger partial charge in [-0.1, -0.05) is 17.7 Å². The Morgan fingerprint density at radius 1 is 1.27 bits per heavy atom. The fourth-order valence-corrected chi connectivity index (χ4v) is 3.78. The molecule has 3 rings (SSSR count). The van der Waals surface area contributed by atoms with E-state index in [1.54, 1.807) is 18.5 Å². The Morgan fingerprint density at radius 3 is 2.45 bits per heavy atom. The summed E-state index contributed by atoms with van der Waals surface area (Å²) in [5.41, 5.74) is 0.842. The van der Waals surface area contributed by atoms with Crippen molar-refractivity contribution in [2.24, 2.45) is 7.05 Å². The van der Waals surface area contributed by atoms with Gasteiger partial charge in [0.15, 0.2) is 16.3 Å². The molecular formula is C19H25F3N6O4S. The van der Waals surface area contributed by atoms with Crippen molar-refractivity contribution in [3.8, 4) is 11.8 Å². The highest BCUT2D eigenvalue weighted by molar-refractivity contribution is 7.99. The summed E-state index contributed by atoms with van der Waals surface area (Å²) in [4.78, 5) is 33.4. The third-order valence-corrected chi connectivity index (χ3v) is 5.63. The number of carbonyl (C=O) groups is 1. The standard InChI is InChI=1S/C17H24N6O2S.C2HF3O2/c1-3-4-8-23-13-14(19-16(23)22-9-6-18-7-10-22)20-17(21(2)15(13)25)26-12-5-11-24;3-2(4,5)1(6)7/h18,24H,5-12H2,1-2H3;(H,6,7). The summed E-state index contributed by atoms with van der Waals surface area (Å²) < 4.78 is 35.2. The maximum Gasteiger partial charge on any atom is 0.490 e. The Balaban J connectivity index is 0.000000479. The number of aliphatic carboxylic acids is 1. The molecular weight excluding hydrogens is 465 g/mol. The summed E-state index contributed by atoms with van der Waals surface area (Å²) in [6.45, 7) is 5.77. The number of anilines is 1. The number of halogens is 3. The molecule has 2 aromatic heterocycles. The SMILES string of the molecule is CC#CCn1c(N2CCNCC2)nc2nc(SCCCO)n(C)c(=O)c21.O=C(O)C(F)(F)F. The fourth-order valence-electron chi connectivity index (χ4n) is 2.90. The lowest BCUT2D eigenvalue weighted by molar-refractivity contribution is -0.192. The summed E-state index contributed by atoms with van der Waals surface area (Å²) in [6.07, 6.45) is -4.43. The fraction of sp³-hybridized carbons (Fsp3) is 0.579. The minimum atomic E-state index is -5.08. The van der Waals surface area contributed by atoms with Crippen molar-refractivity contribution in [1.29, 1.82) is 0 Å². The minimum absolute atomic E-state index is 0.117. The first-order chi connectivity index (χ1) is 15.6. The molecule has 2 aromatic rings. The number of hydrogen-bond donors (Lipinski definition) is 3. The lowest BCUT2D eigenvalue weighted by Gasteiger charge is -2.28. The number of nitrogens with one attached hydrogen (secondary N) is 1. The van der Waals surface area contributed by atoms with E-state index < -0.39 is 12.1 Å². The Hall–Kier alpha value is -2.76. The summed E-state index contributed by atoms with van der Waals surface area (Å²) in [5, 5.41) is 20.0. The third kappa shape index (κ3) is 6.86. The van der Waals surface area contributed by atoms with Crippen molar-refractivity contribution in [2.75, 3.05) is 43.4 Å². The Labute approximate surface area is 191 Å². The number of carboxylic acids is 1. The topological polar surface area (TPSA) is 126 Å². The van der Waals surface area contributed by atoms with Gasteiger partial charge in [-0.25, -0.2) is 9.78 Å². The molecule has 0 radical (unpaired) electrons. The zero-order valence-corrected chi connectivity index (χ0v) is 19.0. The van der Waals surface area contributed by atoms with Gasteiger partial charge >= 0.3 is 12.1 Å². The molecule has 0 aliphatic carbocycles. The lowest BCUT2D eigenvalue weighted by Crippen LogP contribution is -2.44. The largest absolute Gasteiger partial charge is 0.490 e. The molecule has 0 aromatic carbocycles. The van der Waals surface area contributed by atoms with E-state index in [9.17, 15) is 18.0 Å². The number of rotatable bonds is 6. The predicted molar refractivity (Wildman–Crippen MR) is 117 cm³/mol. The number of aromatic nitrogens is 4. The average molecular weight is 491 g/mol. The molecule has 10 nitrogen and oxygen atoms in total. The molecule has 0 amide bonds. The molecule has 0 spiro atoms. The average Bonchev–Trinajstić information content (AvgIpc) is 3.14. The number of imidazole rings is 1. The quantitative estimate of drug-likeness (QED) is 0.232. The van der Waals surface area contributed by atoms with Crippen LogP contribution in [-0.4, -0.2) is 80.0 Å². The van der Waals surface area contributed by atoms with Gasteiger partial charge in [-0.15, -0.1) is 5.92 Å². The molecule has 3 N–H and O–H groups in total. The highest BCUT2D eigenvalue weighted by atomic mass is 32.2. The Kier molecular flexibility index (Phi) is 9.56. The number of piperazine rings is 1. The number of aliphatic hydroxyl groups excluding tert-OH is 1. The van der Waals surface area contributed by atoms with Crippen LogP contribution in [-0.2, 0) is 18.4 Å². The molecule has 1 aliphatic heterocycles. The molecule has 1 fully saturated rings.